The lowest BCUT2D eigenvalue weighted by Crippen LogP contribution is -2.50. The Labute approximate surface area is 195 Å². The maximum absolute atomic E-state index is 12.9. The molecule has 1 N–H and O–H groups in total. The maximum atomic E-state index is 12.9. The smallest absolute Gasteiger partial charge is 0.410 e. The molecular formula is C25H33N5O3. The Balaban J connectivity index is 1.57. The third-order valence-corrected chi connectivity index (χ3v) is 6.62. The summed E-state index contributed by atoms with van der Waals surface area (Å²) < 4.78 is 5.51. The Bertz CT molecular complexity index is 1050. The molecule has 0 saturated carbocycles. The first-order valence-electron chi connectivity index (χ1n) is 11.7. The molecule has 3 heterocycles. The minimum Gasteiger partial charge on any atom is -0.444 e. The Kier molecular flexibility index (Phi) is 6.03. The number of hydrogen-bond donors (Lipinski definition) is 1. The highest BCUT2D eigenvalue weighted by molar-refractivity contribution is 6.07. The first-order valence-corrected chi connectivity index (χ1v) is 11.7. The van der Waals surface area contributed by atoms with Gasteiger partial charge in [0.25, 0.3) is 0 Å². The summed E-state index contributed by atoms with van der Waals surface area (Å²) in [6.45, 7) is 12.4. The van der Waals surface area contributed by atoms with Crippen LogP contribution in [0.5, 0.6) is 0 Å². The molecule has 0 atom stereocenters. The molecule has 0 aliphatic carbocycles. The van der Waals surface area contributed by atoms with Gasteiger partial charge in [-0.15, -0.1) is 0 Å². The Morgan fingerprint density at radius 1 is 1.12 bits per heavy atom. The van der Waals surface area contributed by atoms with Crippen molar-refractivity contribution in [3.05, 3.63) is 36.2 Å². The van der Waals surface area contributed by atoms with E-state index in [-0.39, 0.29) is 12.0 Å². The topological polar surface area (TPSA) is 87.7 Å². The van der Waals surface area contributed by atoms with Gasteiger partial charge in [0, 0.05) is 43.0 Å². The van der Waals surface area contributed by atoms with Crippen molar-refractivity contribution >= 4 is 23.5 Å². The molecule has 0 bridgehead atoms. The van der Waals surface area contributed by atoms with Crippen LogP contribution in [0.2, 0.25) is 0 Å². The number of anilines is 2. The summed E-state index contributed by atoms with van der Waals surface area (Å²) in [6.07, 6.45) is 2.63. The predicted molar refractivity (Wildman–Crippen MR) is 128 cm³/mol. The first kappa shape index (κ1) is 23.0. The monoisotopic (exact) mass is 451 g/mol. The highest BCUT2D eigenvalue weighted by Gasteiger charge is 2.47. The summed E-state index contributed by atoms with van der Waals surface area (Å²) in [5.41, 5.74) is 2.62. The number of carbonyl (C=O) groups excluding carboxylic acids is 2. The minimum atomic E-state index is -0.610. The van der Waals surface area contributed by atoms with Crippen LogP contribution in [0.3, 0.4) is 0 Å². The summed E-state index contributed by atoms with van der Waals surface area (Å²) in [4.78, 5) is 38.2. The SMILES string of the molecule is CCC1(CC)C(=O)Nc2ncnc(-c3cccc(N4CCN(C(=O)OC(C)(C)C)CC4)c3)c21. The van der Waals surface area contributed by atoms with E-state index in [9.17, 15) is 9.59 Å². The number of ether oxygens (including phenoxy) is 1. The number of hydrogen-bond acceptors (Lipinski definition) is 6. The van der Waals surface area contributed by atoms with Crippen molar-refractivity contribution < 1.29 is 14.3 Å². The van der Waals surface area contributed by atoms with E-state index in [4.69, 9.17) is 4.74 Å². The van der Waals surface area contributed by atoms with Crippen LogP contribution in [0, 0.1) is 0 Å². The molecule has 4 rings (SSSR count). The molecule has 33 heavy (non-hydrogen) atoms. The molecule has 1 aromatic heterocycles. The van der Waals surface area contributed by atoms with Crippen molar-refractivity contribution in [2.45, 2.75) is 58.5 Å². The molecule has 1 aromatic carbocycles. The predicted octanol–water partition coefficient (Wildman–Crippen LogP) is 4.21. The van der Waals surface area contributed by atoms with E-state index in [1.807, 2.05) is 46.8 Å². The van der Waals surface area contributed by atoms with E-state index in [0.717, 1.165) is 35.6 Å². The molecule has 2 aliphatic heterocycles. The van der Waals surface area contributed by atoms with E-state index in [1.165, 1.54) is 6.33 Å². The molecule has 1 saturated heterocycles. The second-order valence-electron chi connectivity index (χ2n) is 9.69. The molecule has 176 valence electrons. The summed E-state index contributed by atoms with van der Waals surface area (Å²) >= 11 is 0. The van der Waals surface area contributed by atoms with Crippen LogP contribution in [-0.4, -0.2) is 58.6 Å². The summed E-state index contributed by atoms with van der Waals surface area (Å²) in [6, 6.07) is 8.24. The molecule has 8 nitrogen and oxygen atoms in total. The maximum Gasteiger partial charge on any atom is 0.410 e. The molecule has 2 amide bonds. The lowest BCUT2D eigenvalue weighted by Gasteiger charge is -2.37. The molecular weight excluding hydrogens is 418 g/mol. The fourth-order valence-corrected chi connectivity index (χ4v) is 4.74. The highest BCUT2D eigenvalue weighted by atomic mass is 16.6. The summed E-state index contributed by atoms with van der Waals surface area (Å²) in [5.74, 6) is 0.615. The van der Waals surface area contributed by atoms with Gasteiger partial charge in [-0.2, -0.15) is 0 Å². The zero-order chi connectivity index (χ0) is 23.8. The normalized spacial score (nSPS) is 17.5. The number of fused-ring (bicyclic) bond motifs is 1. The fourth-order valence-electron chi connectivity index (χ4n) is 4.74. The van der Waals surface area contributed by atoms with Gasteiger partial charge < -0.3 is 19.9 Å². The van der Waals surface area contributed by atoms with Gasteiger partial charge in [0.2, 0.25) is 5.91 Å². The van der Waals surface area contributed by atoms with Crippen LogP contribution in [-0.2, 0) is 14.9 Å². The average Bonchev–Trinajstić information content (AvgIpc) is 3.09. The van der Waals surface area contributed by atoms with E-state index in [2.05, 4.69) is 32.3 Å². The van der Waals surface area contributed by atoms with E-state index in [0.29, 0.717) is 31.7 Å². The van der Waals surface area contributed by atoms with Crippen LogP contribution in [0.1, 0.15) is 53.0 Å². The Morgan fingerprint density at radius 2 is 1.82 bits per heavy atom. The molecule has 2 aliphatic rings. The number of aromatic nitrogens is 2. The fraction of sp³-hybridized carbons (Fsp3) is 0.520. The quantitative estimate of drug-likeness (QED) is 0.749. The van der Waals surface area contributed by atoms with Gasteiger partial charge in [-0.3, -0.25) is 4.79 Å². The molecule has 8 heteroatoms. The Hall–Kier alpha value is -3.16. The van der Waals surface area contributed by atoms with Crippen LogP contribution < -0.4 is 10.2 Å². The van der Waals surface area contributed by atoms with Crippen molar-refractivity contribution in [2.24, 2.45) is 0 Å². The highest BCUT2D eigenvalue weighted by Crippen LogP contribution is 2.46. The van der Waals surface area contributed by atoms with E-state index < -0.39 is 11.0 Å². The molecule has 2 aromatic rings. The summed E-state index contributed by atoms with van der Waals surface area (Å²) in [7, 11) is 0. The summed E-state index contributed by atoms with van der Waals surface area (Å²) in [5, 5.41) is 2.96. The van der Waals surface area contributed by atoms with Crippen molar-refractivity contribution in [1.82, 2.24) is 14.9 Å². The number of nitrogens with zero attached hydrogens (tertiary/aromatic N) is 4. The van der Waals surface area contributed by atoms with Crippen LogP contribution >= 0.6 is 0 Å². The standard InChI is InChI=1S/C25H33N5O3/c1-6-25(7-2)19-20(26-16-27-21(19)28-22(25)31)17-9-8-10-18(15-17)29-11-13-30(14-12-29)23(32)33-24(3,4)5/h8-10,15-16H,6-7,11-14H2,1-5H3,(H,26,27,28,31). The zero-order valence-electron chi connectivity index (χ0n) is 20.1. The van der Waals surface area contributed by atoms with Gasteiger partial charge in [0.1, 0.15) is 17.7 Å². The van der Waals surface area contributed by atoms with Gasteiger partial charge in [0.15, 0.2) is 0 Å². The second-order valence-corrected chi connectivity index (χ2v) is 9.69. The van der Waals surface area contributed by atoms with Crippen LogP contribution in [0.15, 0.2) is 30.6 Å². The van der Waals surface area contributed by atoms with Crippen molar-refractivity contribution in [2.75, 3.05) is 36.4 Å². The molecule has 0 radical (unpaired) electrons. The largest absolute Gasteiger partial charge is 0.444 e. The second kappa shape index (κ2) is 8.65. The third kappa shape index (κ3) is 4.26. The van der Waals surface area contributed by atoms with Crippen molar-refractivity contribution in [3.8, 4) is 11.3 Å². The molecule has 1 fully saturated rings. The lowest BCUT2D eigenvalue weighted by atomic mass is 9.76. The van der Waals surface area contributed by atoms with Gasteiger partial charge in [0.05, 0.1) is 11.1 Å². The number of benzene rings is 1. The van der Waals surface area contributed by atoms with Gasteiger partial charge in [-0.05, 0) is 45.7 Å². The van der Waals surface area contributed by atoms with E-state index in [1.54, 1.807) is 4.90 Å². The minimum absolute atomic E-state index is 0.00123. The van der Waals surface area contributed by atoms with E-state index >= 15 is 0 Å². The van der Waals surface area contributed by atoms with Crippen molar-refractivity contribution in [3.63, 3.8) is 0 Å². The number of nitrogens with one attached hydrogen (secondary N) is 1. The lowest BCUT2D eigenvalue weighted by molar-refractivity contribution is -0.121. The number of amides is 2. The van der Waals surface area contributed by atoms with Crippen molar-refractivity contribution in [1.29, 1.82) is 0 Å². The Morgan fingerprint density at radius 3 is 2.45 bits per heavy atom. The molecule has 0 unspecified atom stereocenters. The average molecular weight is 452 g/mol. The number of carbonyl (C=O) groups is 2. The van der Waals surface area contributed by atoms with Gasteiger partial charge in [-0.1, -0.05) is 26.0 Å². The van der Waals surface area contributed by atoms with Crippen LogP contribution in [0.4, 0.5) is 16.3 Å². The van der Waals surface area contributed by atoms with Crippen LogP contribution in [0.25, 0.3) is 11.3 Å². The zero-order valence-corrected chi connectivity index (χ0v) is 20.1. The first-order chi connectivity index (χ1) is 15.7. The third-order valence-electron chi connectivity index (χ3n) is 6.62. The van der Waals surface area contributed by atoms with Gasteiger partial charge >= 0.3 is 6.09 Å². The number of piperazine rings is 1. The molecule has 0 spiro atoms. The number of rotatable bonds is 4. The van der Waals surface area contributed by atoms with Gasteiger partial charge in [-0.25, -0.2) is 14.8 Å².